The molecule has 0 radical (unpaired) electrons. The Hall–Kier alpha value is -0.860. The molecule has 2 nitrogen and oxygen atoms in total. The summed E-state index contributed by atoms with van der Waals surface area (Å²) in [5.41, 5.74) is 4.00. The van der Waals surface area contributed by atoms with Crippen molar-refractivity contribution in [2.45, 2.75) is 59.1 Å². The summed E-state index contributed by atoms with van der Waals surface area (Å²) in [5, 5.41) is 3.65. The van der Waals surface area contributed by atoms with Crippen LogP contribution >= 0.6 is 0 Å². The molecule has 0 aliphatic rings. The zero-order valence-electron chi connectivity index (χ0n) is 13.1. The lowest BCUT2D eigenvalue weighted by atomic mass is 9.95. The Labute approximate surface area is 118 Å². The molecule has 19 heavy (non-hydrogen) atoms. The van der Waals surface area contributed by atoms with Crippen molar-refractivity contribution in [1.82, 2.24) is 5.32 Å². The van der Waals surface area contributed by atoms with Crippen molar-refractivity contribution < 1.29 is 4.74 Å². The van der Waals surface area contributed by atoms with Gasteiger partial charge in [-0.2, -0.15) is 0 Å². The number of hydrogen-bond donors (Lipinski definition) is 1. The number of benzene rings is 1. The van der Waals surface area contributed by atoms with E-state index in [1.165, 1.54) is 16.7 Å². The summed E-state index contributed by atoms with van der Waals surface area (Å²) in [4.78, 5) is 0. The molecule has 2 atom stereocenters. The van der Waals surface area contributed by atoms with Crippen LogP contribution in [0.1, 0.15) is 55.8 Å². The maximum atomic E-state index is 5.72. The lowest BCUT2D eigenvalue weighted by molar-refractivity contribution is 0.0606. The van der Waals surface area contributed by atoms with Gasteiger partial charge in [0.25, 0.3) is 0 Å². The summed E-state index contributed by atoms with van der Waals surface area (Å²) >= 11 is 0. The van der Waals surface area contributed by atoms with Gasteiger partial charge in [-0.05, 0) is 38.8 Å². The molecule has 0 amide bonds. The summed E-state index contributed by atoms with van der Waals surface area (Å²) in [7, 11) is 1.82. The molecule has 0 fully saturated rings. The zero-order valence-corrected chi connectivity index (χ0v) is 13.1. The van der Waals surface area contributed by atoms with Crippen LogP contribution < -0.4 is 5.32 Å². The van der Waals surface area contributed by atoms with Gasteiger partial charge in [-0.1, -0.05) is 49.6 Å². The van der Waals surface area contributed by atoms with E-state index in [1.807, 2.05) is 7.11 Å². The standard InChI is InChI=1S/C17H29NO/c1-6-8-16(19-5)17(18-9-7-2)15-11-13(3)10-14(4)12-15/h10-12,16-18H,6-9H2,1-5H3. The van der Waals surface area contributed by atoms with Crippen molar-refractivity contribution in [2.75, 3.05) is 13.7 Å². The van der Waals surface area contributed by atoms with Gasteiger partial charge in [0.05, 0.1) is 12.1 Å². The van der Waals surface area contributed by atoms with E-state index in [-0.39, 0.29) is 6.10 Å². The van der Waals surface area contributed by atoms with E-state index in [2.05, 4.69) is 51.2 Å². The quantitative estimate of drug-likeness (QED) is 0.760. The van der Waals surface area contributed by atoms with Gasteiger partial charge in [-0.3, -0.25) is 0 Å². The minimum absolute atomic E-state index is 0.248. The van der Waals surface area contributed by atoms with Gasteiger partial charge < -0.3 is 10.1 Å². The van der Waals surface area contributed by atoms with Crippen LogP contribution in [0.3, 0.4) is 0 Å². The molecular formula is C17H29NO. The molecule has 0 aromatic heterocycles. The third-order valence-electron chi connectivity index (χ3n) is 3.47. The highest BCUT2D eigenvalue weighted by molar-refractivity contribution is 5.31. The van der Waals surface area contributed by atoms with Crippen LogP contribution in [-0.2, 0) is 4.74 Å². The number of aryl methyl sites for hydroxylation is 2. The Morgan fingerprint density at radius 3 is 2.16 bits per heavy atom. The Bertz CT molecular complexity index is 355. The molecule has 1 aromatic carbocycles. The molecule has 108 valence electrons. The second kappa shape index (κ2) is 8.34. The molecule has 0 heterocycles. The summed E-state index contributed by atoms with van der Waals surface area (Å²) < 4.78 is 5.72. The molecular weight excluding hydrogens is 234 g/mol. The normalized spacial score (nSPS) is 14.4. The van der Waals surface area contributed by atoms with E-state index in [0.29, 0.717) is 6.04 Å². The third-order valence-corrected chi connectivity index (χ3v) is 3.47. The van der Waals surface area contributed by atoms with E-state index < -0.39 is 0 Å². The lowest BCUT2D eigenvalue weighted by Gasteiger charge is -2.28. The second-order valence-electron chi connectivity index (χ2n) is 5.42. The Kier molecular flexibility index (Phi) is 7.11. The predicted molar refractivity (Wildman–Crippen MR) is 82.7 cm³/mol. The zero-order chi connectivity index (χ0) is 14.3. The maximum Gasteiger partial charge on any atom is 0.0765 e. The third kappa shape index (κ3) is 4.96. The molecule has 2 unspecified atom stereocenters. The molecule has 1 aromatic rings. The first kappa shape index (κ1) is 16.2. The van der Waals surface area contributed by atoms with Crippen LogP contribution in [0.2, 0.25) is 0 Å². The Morgan fingerprint density at radius 2 is 1.68 bits per heavy atom. The fourth-order valence-corrected chi connectivity index (χ4v) is 2.66. The monoisotopic (exact) mass is 263 g/mol. The van der Waals surface area contributed by atoms with Crippen LogP contribution in [0, 0.1) is 13.8 Å². The molecule has 0 aliphatic carbocycles. The van der Waals surface area contributed by atoms with Crippen molar-refractivity contribution in [3.63, 3.8) is 0 Å². The molecule has 0 spiro atoms. The van der Waals surface area contributed by atoms with Gasteiger partial charge in [0, 0.05) is 7.11 Å². The second-order valence-corrected chi connectivity index (χ2v) is 5.42. The SMILES string of the molecule is CCCNC(c1cc(C)cc(C)c1)C(CCC)OC. The van der Waals surface area contributed by atoms with Crippen LogP contribution in [0.15, 0.2) is 18.2 Å². The van der Waals surface area contributed by atoms with Crippen LogP contribution in [0.25, 0.3) is 0 Å². The Morgan fingerprint density at radius 1 is 1.05 bits per heavy atom. The first-order valence-electron chi connectivity index (χ1n) is 7.46. The fraction of sp³-hybridized carbons (Fsp3) is 0.647. The minimum Gasteiger partial charge on any atom is -0.379 e. The molecule has 0 aliphatic heterocycles. The molecule has 0 saturated heterocycles. The van der Waals surface area contributed by atoms with Gasteiger partial charge in [-0.25, -0.2) is 0 Å². The smallest absolute Gasteiger partial charge is 0.0765 e. The van der Waals surface area contributed by atoms with Gasteiger partial charge >= 0.3 is 0 Å². The van der Waals surface area contributed by atoms with Gasteiger partial charge in [0.15, 0.2) is 0 Å². The van der Waals surface area contributed by atoms with Gasteiger partial charge in [0.1, 0.15) is 0 Å². The summed E-state index contributed by atoms with van der Waals surface area (Å²) in [6.45, 7) is 9.77. The van der Waals surface area contributed by atoms with Crippen molar-refractivity contribution in [3.8, 4) is 0 Å². The summed E-state index contributed by atoms with van der Waals surface area (Å²) in [5.74, 6) is 0. The lowest BCUT2D eigenvalue weighted by Crippen LogP contribution is -2.34. The van der Waals surface area contributed by atoms with Crippen molar-refractivity contribution in [2.24, 2.45) is 0 Å². The fourth-order valence-electron chi connectivity index (χ4n) is 2.66. The van der Waals surface area contributed by atoms with Crippen LogP contribution in [-0.4, -0.2) is 19.8 Å². The number of ether oxygens (including phenoxy) is 1. The molecule has 0 saturated carbocycles. The molecule has 2 heteroatoms. The first-order valence-corrected chi connectivity index (χ1v) is 7.46. The largest absolute Gasteiger partial charge is 0.379 e. The number of methoxy groups -OCH3 is 1. The van der Waals surface area contributed by atoms with E-state index in [9.17, 15) is 0 Å². The van der Waals surface area contributed by atoms with Crippen molar-refractivity contribution >= 4 is 0 Å². The first-order chi connectivity index (χ1) is 9.12. The molecule has 1 rings (SSSR count). The van der Waals surface area contributed by atoms with Gasteiger partial charge in [0.2, 0.25) is 0 Å². The topological polar surface area (TPSA) is 21.3 Å². The molecule has 1 N–H and O–H groups in total. The number of rotatable bonds is 8. The van der Waals surface area contributed by atoms with Crippen molar-refractivity contribution in [3.05, 3.63) is 34.9 Å². The van der Waals surface area contributed by atoms with E-state index >= 15 is 0 Å². The average molecular weight is 263 g/mol. The van der Waals surface area contributed by atoms with E-state index in [0.717, 1.165) is 25.8 Å². The van der Waals surface area contributed by atoms with Crippen LogP contribution in [0.5, 0.6) is 0 Å². The highest BCUT2D eigenvalue weighted by atomic mass is 16.5. The molecule has 0 bridgehead atoms. The van der Waals surface area contributed by atoms with Gasteiger partial charge in [-0.15, -0.1) is 0 Å². The summed E-state index contributed by atoms with van der Waals surface area (Å²) in [6, 6.07) is 7.08. The van der Waals surface area contributed by atoms with Crippen molar-refractivity contribution in [1.29, 1.82) is 0 Å². The highest BCUT2D eigenvalue weighted by Gasteiger charge is 2.22. The Balaban J connectivity index is 2.99. The van der Waals surface area contributed by atoms with Crippen LogP contribution in [0.4, 0.5) is 0 Å². The summed E-state index contributed by atoms with van der Waals surface area (Å²) in [6.07, 6.45) is 3.63. The van der Waals surface area contributed by atoms with E-state index in [4.69, 9.17) is 4.74 Å². The highest BCUT2D eigenvalue weighted by Crippen LogP contribution is 2.24. The minimum atomic E-state index is 0.248. The maximum absolute atomic E-state index is 5.72. The average Bonchev–Trinajstić information content (AvgIpc) is 2.36. The van der Waals surface area contributed by atoms with E-state index in [1.54, 1.807) is 0 Å². The number of nitrogens with one attached hydrogen (secondary N) is 1. The number of hydrogen-bond acceptors (Lipinski definition) is 2. The predicted octanol–water partition coefficient (Wildman–Crippen LogP) is 4.16.